The summed E-state index contributed by atoms with van der Waals surface area (Å²) in [5, 5.41) is 3.26. The number of rotatable bonds is 13. The molecule has 63 heavy (non-hydrogen) atoms. The Labute approximate surface area is 377 Å². The fourth-order valence-corrected chi connectivity index (χ4v) is 10.8. The first kappa shape index (κ1) is 49.3. The van der Waals surface area contributed by atoms with Crippen molar-refractivity contribution >= 4 is 56.1 Å². The third-order valence-corrected chi connectivity index (χ3v) is 14.7. The minimum atomic E-state index is -3.82. The number of halogens is 1. The molecule has 17 nitrogen and oxygen atoms in total. The van der Waals surface area contributed by atoms with Gasteiger partial charge in [-0.1, -0.05) is 24.3 Å². The molecule has 3 saturated heterocycles. The number of hydrogen-bond acceptors (Lipinski definition) is 13. The first-order valence-electron chi connectivity index (χ1n) is 20.4. The highest BCUT2D eigenvalue weighted by atomic mass is 35.5. The van der Waals surface area contributed by atoms with Gasteiger partial charge in [-0.2, -0.15) is 25.4 Å². The Hall–Kier alpha value is -4.73. The molecular formula is C43H57ClN8O9S2. The van der Waals surface area contributed by atoms with E-state index in [0.717, 1.165) is 11.1 Å². The average molecular weight is 930 g/mol. The molecule has 0 bridgehead atoms. The summed E-state index contributed by atoms with van der Waals surface area (Å²) >= 11 is 0. The number of esters is 2. The van der Waals surface area contributed by atoms with Crippen LogP contribution in [0.4, 0.5) is 11.4 Å². The maximum atomic E-state index is 13.8. The van der Waals surface area contributed by atoms with Crippen LogP contribution in [-0.4, -0.2) is 137 Å². The van der Waals surface area contributed by atoms with Crippen molar-refractivity contribution in [3.05, 3.63) is 119 Å². The molecule has 0 radical (unpaired) electrons. The second-order valence-electron chi connectivity index (χ2n) is 15.6. The molecule has 7 rings (SSSR count). The molecule has 3 fully saturated rings. The lowest BCUT2D eigenvalue weighted by Gasteiger charge is -2.46. The highest BCUT2D eigenvalue weighted by Crippen LogP contribution is 2.28. The van der Waals surface area contributed by atoms with Crippen molar-refractivity contribution in [3.8, 4) is 0 Å². The highest BCUT2D eigenvalue weighted by molar-refractivity contribution is 7.90. The monoisotopic (exact) mass is 928 g/mol. The van der Waals surface area contributed by atoms with Crippen molar-refractivity contribution in [2.45, 2.75) is 58.9 Å². The minimum Gasteiger partial charge on any atom is -0.465 e. The van der Waals surface area contributed by atoms with Crippen molar-refractivity contribution in [3.63, 3.8) is 0 Å². The number of ether oxygens (including phenoxy) is 3. The molecule has 0 spiro atoms. The highest BCUT2D eigenvalue weighted by Gasteiger charge is 2.39. The predicted octanol–water partition coefficient (Wildman–Crippen LogP) is 3.98. The van der Waals surface area contributed by atoms with E-state index in [4.69, 9.17) is 9.47 Å². The van der Waals surface area contributed by atoms with Gasteiger partial charge >= 0.3 is 32.4 Å². The summed E-state index contributed by atoms with van der Waals surface area (Å²) in [4.78, 5) is 34.3. The normalized spacial score (nSPS) is 18.8. The van der Waals surface area contributed by atoms with Crippen LogP contribution in [-0.2, 0) is 47.7 Å². The topological polar surface area (TPSA) is 184 Å². The van der Waals surface area contributed by atoms with Crippen LogP contribution in [0.1, 0.15) is 57.1 Å². The zero-order valence-corrected chi connectivity index (χ0v) is 38.9. The predicted molar refractivity (Wildman–Crippen MR) is 242 cm³/mol. The van der Waals surface area contributed by atoms with E-state index in [9.17, 15) is 26.4 Å². The third kappa shape index (κ3) is 12.1. The quantitative estimate of drug-likeness (QED) is 0.190. The number of nitrogens with zero attached hydrogens (tertiary/aromatic N) is 7. The Balaban J connectivity index is 0.000000236. The molecule has 342 valence electrons. The maximum Gasteiger partial charge on any atom is 0.339 e. The fraction of sp³-hybridized carbons (Fsp3) is 0.442. The van der Waals surface area contributed by atoms with Crippen LogP contribution in [0.2, 0.25) is 0 Å². The van der Waals surface area contributed by atoms with Gasteiger partial charge in [0.25, 0.3) is 0 Å². The van der Waals surface area contributed by atoms with Gasteiger partial charge in [-0.05, 0) is 87.4 Å². The number of hydrogen-bond donors (Lipinski definition) is 1. The zero-order chi connectivity index (χ0) is 44.6. The van der Waals surface area contributed by atoms with Gasteiger partial charge in [-0.25, -0.2) is 9.59 Å². The Morgan fingerprint density at radius 2 is 1.22 bits per heavy atom. The molecular weight excluding hydrogens is 872 g/mol. The van der Waals surface area contributed by atoms with Gasteiger partial charge in [0.1, 0.15) is 0 Å². The lowest BCUT2D eigenvalue weighted by molar-refractivity contribution is -0.0873. The van der Waals surface area contributed by atoms with Crippen LogP contribution in [0.3, 0.4) is 0 Å². The molecule has 5 heterocycles. The number of carbonyl (C=O) groups excluding carboxylic acids is 2. The number of anilines is 2. The van der Waals surface area contributed by atoms with Crippen molar-refractivity contribution < 1.29 is 40.6 Å². The van der Waals surface area contributed by atoms with Gasteiger partial charge in [0.2, 0.25) is 0 Å². The zero-order valence-electron chi connectivity index (χ0n) is 36.4. The summed E-state index contributed by atoms with van der Waals surface area (Å²) in [6.07, 6.45) is 2.80. The van der Waals surface area contributed by atoms with Gasteiger partial charge in [0, 0.05) is 63.7 Å². The molecule has 2 aromatic heterocycles. The summed E-state index contributed by atoms with van der Waals surface area (Å²) in [6, 6.07) is 21.8. The third-order valence-electron chi connectivity index (χ3n) is 11.0. The van der Waals surface area contributed by atoms with Gasteiger partial charge in [0.15, 0.2) is 0 Å². The number of piperazine rings is 2. The summed E-state index contributed by atoms with van der Waals surface area (Å²) < 4.78 is 75.2. The molecule has 0 amide bonds. The number of aryl methyl sites for hydroxylation is 2. The first-order valence-corrected chi connectivity index (χ1v) is 23.2. The van der Waals surface area contributed by atoms with E-state index in [0.29, 0.717) is 92.4 Å². The van der Waals surface area contributed by atoms with E-state index in [1.165, 1.54) is 39.5 Å². The van der Waals surface area contributed by atoms with Crippen LogP contribution in [0.5, 0.6) is 0 Å². The molecule has 4 aromatic rings. The summed E-state index contributed by atoms with van der Waals surface area (Å²) in [5.41, 5.74) is 4.78. The van der Waals surface area contributed by atoms with Gasteiger partial charge in [-0.15, -0.1) is 12.4 Å². The maximum absolute atomic E-state index is 13.8. The molecule has 0 saturated carbocycles. The number of nitrogens with one attached hydrogen (secondary N) is 1. The molecule has 3 aliphatic rings. The van der Waals surface area contributed by atoms with Crippen molar-refractivity contribution in [2.75, 3.05) is 75.3 Å². The van der Waals surface area contributed by atoms with Crippen LogP contribution >= 0.6 is 12.4 Å². The van der Waals surface area contributed by atoms with Crippen molar-refractivity contribution in [1.29, 1.82) is 0 Å². The van der Waals surface area contributed by atoms with Crippen molar-refractivity contribution in [1.82, 2.24) is 28.8 Å². The van der Waals surface area contributed by atoms with Crippen LogP contribution in [0.15, 0.2) is 85.2 Å². The number of pyridine rings is 2. The van der Waals surface area contributed by atoms with Crippen LogP contribution in [0, 0.1) is 13.8 Å². The standard InChI is InChI=1S/C23H30N4O5S.C20H26N4O4S.ClH/c1-17-5-4-6-21(11-17)27(14-20-8-7-19(12-24-20)23(28)31-3)33(29,30)25-9-10-26(18(2)13-25)22-15-32-16-22;1-15-5-4-6-19(11-15)24(29(26,27)23-10-9-21-16(2)13-23)14-18-8-7-17(12-22-18)20(25)28-3;/h4-8,11-12,18,22H,9-10,13-16H2,1-3H3;4-8,11-12,16,21H,9-10,13-14H2,1-3H3;1H/t18-;16-;/m11./s1. The number of carbonyl (C=O) groups is 2. The molecule has 1 N–H and O–H groups in total. The SMILES string of the molecule is COC(=O)c1ccc(CN(c2cccc(C)c2)S(=O)(=O)N2CCN(C3COC3)[C@H](C)C2)nc1.COC(=O)c1ccc(CN(c2cccc(C)c2)S(=O)(=O)N2CCN[C@H](C)C2)nc1.Cl. The van der Waals surface area contributed by atoms with Gasteiger partial charge < -0.3 is 19.5 Å². The Bertz CT molecular complexity index is 2390. The summed E-state index contributed by atoms with van der Waals surface area (Å²) in [7, 11) is -4.97. The number of benzene rings is 2. The summed E-state index contributed by atoms with van der Waals surface area (Å²) in [5.74, 6) is -0.969. The molecule has 3 aliphatic heterocycles. The van der Waals surface area contributed by atoms with E-state index in [2.05, 4.69) is 31.8 Å². The first-order chi connectivity index (χ1) is 29.6. The number of aromatic nitrogens is 2. The van der Waals surface area contributed by atoms with E-state index < -0.39 is 32.4 Å². The van der Waals surface area contributed by atoms with Crippen LogP contribution < -0.4 is 13.9 Å². The summed E-state index contributed by atoms with van der Waals surface area (Å²) in [6.45, 7) is 12.3. The van der Waals surface area contributed by atoms with E-state index >= 15 is 0 Å². The lowest BCUT2D eigenvalue weighted by Crippen LogP contribution is -2.62. The van der Waals surface area contributed by atoms with E-state index in [1.807, 2.05) is 57.2 Å². The second kappa shape index (κ2) is 21.8. The Kier molecular flexibility index (Phi) is 17.0. The van der Waals surface area contributed by atoms with Gasteiger partial charge in [0.05, 0.1) is 80.5 Å². The van der Waals surface area contributed by atoms with Gasteiger partial charge in [-0.3, -0.25) is 23.5 Å². The van der Waals surface area contributed by atoms with E-state index in [-0.39, 0.29) is 37.6 Å². The largest absolute Gasteiger partial charge is 0.465 e. The number of methoxy groups -OCH3 is 2. The molecule has 2 aromatic carbocycles. The molecule has 0 aliphatic carbocycles. The molecule has 0 unspecified atom stereocenters. The fourth-order valence-electron chi connectivity index (χ4n) is 7.48. The Morgan fingerprint density at radius 3 is 1.60 bits per heavy atom. The van der Waals surface area contributed by atoms with Crippen LogP contribution in [0.25, 0.3) is 0 Å². The molecule has 20 heteroatoms. The van der Waals surface area contributed by atoms with E-state index in [1.54, 1.807) is 40.7 Å². The van der Waals surface area contributed by atoms with Crippen molar-refractivity contribution in [2.24, 2.45) is 0 Å². The molecule has 2 atom stereocenters. The Morgan fingerprint density at radius 1 is 0.730 bits per heavy atom. The minimum absolute atomic E-state index is 0. The lowest BCUT2D eigenvalue weighted by atomic mass is 10.1. The smallest absolute Gasteiger partial charge is 0.339 e. The average Bonchev–Trinajstić information content (AvgIpc) is 3.24. The second-order valence-corrected chi connectivity index (χ2v) is 19.3.